The molecule has 122 valence electrons. The average Bonchev–Trinajstić information content (AvgIpc) is 2.60. The molecule has 4 N–H and O–H groups in total. The zero-order valence-electron chi connectivity index (χ0n) is 14.2. The summed E-state index contributed by atoms with van der Waals surface area (Å²) in [5, 5.41) is 18.3. The molecule has 0 spiro atoms. The summed E-state index contributed by atoms with van der Waals surface area (Å²) in [5.41, 5.74) is 9.57. The summed E-state index contributed by atoms with van der Waals surface area (Å²) < 4.78 is 0. The molecule has 0 radical (unpaired) electrons. The maximum Gasteiger partial charge on any atom is 1.00 e. The molecule has 3 atom stereocenters. The van der Waals surface area contributed by atoms with Gasteiger partial charge in [-0.3, -0.25) is 0 Å². The Morgan fingerprint density at radius 2 is 1.83 bits per heavy atom. The molecule has 2 aromatic rings. The third kappa shape index (κ3) is 5.46. The van der Waals surface area contributed by atoms with Crippen molar-refractivity contribution in [2.75, 3.05) is 13.1 Å². The van der Waals surface area contributed by atoms with Crippen molar-refractivity contribution in [2.24, 2.45) is 5.73 Å². The van der Waals surface area contributed by atoms with Crippen LogP contribution in [0.15, 0.2) is 54.6 Å². The molecule has 1 heterocycles. The van der Waals surface area contributed by atoms with E-state index in [1.54, 1.807) is 0 Å². The van der Waals surface area contributed by atoms with Crippen LogP contribution < -0.4 is 69.2 Å². The van der Waals surface area contributed by atoms with Gasteiger partial charge >= 0.3 is 58.2 Å². The maximum atomic E-state index is 10.3. The molecule has 2 aromatic carbocycles. The molecule has 0 saturated carbocycles. The Morgan fingerprint density at radius 1 is 1.12 bits per heavy atom. The van der Waals surface area contributed by atoms with Gasteiger partial charge in [0.15, 0.2) is 0 Å². The van der Waals surface area contributed by atoms with Crippen molar-refractivity contribution in [3.8, 4) is 0 Å². The summed E-state index contributed by atoms with van der Waals surface area (Å²) >= 11 is 0. The van der Waals surface area contributed by atoms with Crippen molar-refractivity contribution in [2.45, 2.75) is 31.0 Å². The molecule has 0 aromatic heterocycles. The van der Waals surface area contributed by atoms with Crippen LogP contribution in [-0.2, 0) is 6.42 Å². The van der Waals surface area contributed by atoms with Gasteiger partial charge in [-0.1, -0.05) is 54.6 Å². The molecule has 0 amide bonds. The normalized spacial score (nSPS) is 18.7. The molecule has 1 unspecified atom stereocenters. The largest absolute Gasteiger partial charge is 1.00 e. The average molecular weight is 396 g/mol. The van der Waals surface area contributed by atoms with Crippen molar-refractivity contribution in [3.05, 3.63) is 71.0 Å². The minimum Gasteiger partial charge on any atom is -0.684 e. The minimum absolute atomic E-state index is 0. The maximum absolute atomic E-state index is 10.3. The second-order valence-corrected chi connectivity index (χ2v) is 6.11. The van der Waals surface area contributed by atoms with E-state index in [1.165, 1.54) is 5.56 Å². The van der Waals surface area contributed by atoms with Crippen LogP contribution in [0.4, 0.5) is 5.69 Å². The van der Waals surface area contributed by atoms with Crippen LogP contribution in [0.3, 0.4) is 0 Å². The molecule has 3 rings (SSSR count). The van der Waals surface area contributed by atoms with Crippen LogP contribution in [0.2, 0.25) is 0 Å². The number of hydrogen-bond donors (Lipinski definition) is 3. The molecule has 0 saturated heterocycles. The second kappa shape index (κ2) is 10.2. The zero-order valence-corrected chi connectivity index (χ0v) is 19.1. The summed E-state index contributed by atoms with van der Waals surface area (Å²) in [6.45, 7) is 1.31. The van der Waals surface area contributed by atoms with Gasteiger partial charge in [-0.25, -0.2) is 0 Å². The zero-order chi connectivity index (χ0) is 16.1. The van der Waals surface area contributed by atoms with Crippen molar-refractivity contribution in [1.82, 2.24) is 5.32 Å². The topological polar surface area (TPSA) is 72.4 Å². The number of rotatable bonds is 6. The summed E-state index contributed by atoms with van der Waals surface area (Å²) in [4.78, 5) is 0. The molecule has 4 nitrogen and oxygen atoms in total. The van der Waals surface area contributed by atoms with E-state index in [4.69, 9.17) is 5.73 Å². The second-order valence-electron chi connectivity index (χ2n) is 6.11. The molecule has 0 fully saturated rings. The fourth-order valence-electron chi connectivity index (χ4n) is 3.04. The van der Waals surface area contributed by atoms with E-state index in [2.05, 4.69) is 16.7 Å². The monoisotopic (exact) mass is 395 g/mol. The van der Waals surface area contributed by atoms with Gasteiger partial charge in [0, 0.05) is 18.6 Å². The van der Waals surface area contributed by atoms with Crippen molar-refractivity contribution < 1.29 is 63.3 Å². The Balaban J connectivity index is 0.00000208. The number of hydrogen-bond acceptors (Lipinski definition) is 3. The van der Waals surface area contributed by atoms with Crippen LogP contribution in [0.25, 0.3) is 5.32 Å². The first-order valence-electron chi connectivity index (χ1n) is 8.21. The van der Waals surface area contributed by atoms with Gasteiger partial charge in [0.1, 0.15) is 0 Å². The van der Waals surface area contributed by atoms with Gasteiger partial charge in [-0.15, -0.1) is 12.2 Å². The van der Waals surface area contributed by atoms with E-state index in [9.17, 15) is 5.11 Å². The predicted molar refractivity (Wildman–Crippen MR) is 93.8 cm³/mol. The number of benzene rings is 2. The minimum atomic E-state index is -0.568. The standard InChI is InChI=1S/C19H24N3O.Rb/c20-16(12-14-6-2-1-3-7-14)19(23)13-22-18-10-11-21-17-9-5-4-8-15(17)18;/h1-9,16,18-19,22-23H,10-13,20H2;/q-1;+1/t16-,18?,19+;/m0./s1. The molecule has 1 aliphatic rings. The Labute approximate surface area is 193 Å². The van der Waals surface area contributed by atoms with Crippen LogP contribution in [0.1, 0.15) is 23.6 Å². The Morgan fingerprint density at radius 3 is 2.62 bits per heavy atom. The SMILES string of the molecule is N[C@@H](Cc1ccccc1)[C@H](O)CNC1CC[N-]c2ccccc21.[Rb+]. The summed E-state index contributed by atoms with van der Waals surface area (Å²) in [7, 11) is 0. The molecule has 1 aliphatic heterocycles. The first kappa shape index (κ1) is 20.2. The number of aliphatic hydroxyl groups excluding tert-OH is 1. The Bertz CT molecular complexity index is 623. The van der Waals surface area contributed by atoms with Crippen LogP contribution in [0.5, 0.6) is 0 Å². The number of fused-ring (bicyclic) bond motifs is 1. The van der Waals surface area contributed by atoms with E-state index < -0.39 is 6.10 Å². The number of aliphatic hydroxyl groups is 1. The van der Waals surface area contributed by atoms with Gasteiger partial charge in [0.25, 0.3) is 0 Å². The van der Waals surface area contributed by atoms with Gasteiger partial charge in [0.2, 0.25) is 0 Å². The summed E-state index contributed by atoms with van der Waals surface area (Å²) in [6, 6.07) is 18.2. The molecular weight excluding hydrogens is 372 g/mol. The molecule has 0 bridgehead atoms. The molecule has 5 heteroatoms. The summed E-state index contributed by atoms with van der Waals surface area (Å²) in [6.07, 6.45) is 1.07. The Hall–Kier alpha value is -0.0748. The van der Waals surface area contributed by atoms with Crippen LogP contribution in [0, 0.1) is 0 Å². The molecule has 0 aliphatic carbocycles. The van der Waals surface area contributed by atoms with Gasteiger partial charge in [-0.2, -0.15) is 0 Å². The third-order valence-corrected chi connectivity index (χ3v) is 4.39. The number of nitrogens with zero attached hydrogens (tertiary/aromatic N) is 1. The van der Waals surface area contributed by atoms with E-state index in [1.807, 2.05) is 48.5 Å². The van der Waals surface area contributed by atoms with Gasteiger partial charge in [0.05, 0.1) is 6.10 Å². The quantitative estimate of drug-likeness (QED) is 0.626. The van der Waals surface area contributed by atoms with Crippen molar-refractivity contribution in [1.29, 1.82) is 0 Å². The summed E-state index contributed by atoms with van der Waals surface area (Å²) in [5.74, 6) is 0. The van der Waals surface area contributed by atoms with E-state index in [0.717, 1.165) is 24.2 Å². The first-order chi connectivity index (χ1) is 11.2. The number of nitrogens with one attached hydrogen (secondary N) is 1. The predicted octanol–water partition coefficient (Wildman–Crippen LogP) is -0.339. The van der Waals surface area contributed by atoms with Gasteiger partial charge in [-0.05, 0) is 24.0 Å². The van der Waals surface area contributed by atoms with E-state index in [0.29, 0.717) is 13.0 Å². The van der Waals surface area contributed by atoms with Crippen molar-refractivity contribution in [3.63, 3.8) is 0 Å². The number of nitrogens with two attached hydrogens (primary N) is 1. The first-order valence-corrected chi connectivity index (χ1v) is 8.21. The van der Waals surface area contributed by atoms with E-state index in [-0.39, 0.29) is 70.3 Å². The van der Waals surface area contributed by atoms with E-state index >= 15 is 0 Å². The van der Waals surface area contributed by atoms with Crippen LogP contribution >= 0.6 is 0 Å². The van der Waals surface area contributed by atoms with Crippen LogP contribution in [-0.4, -0.2) is 30.3 Å². The van der Waals surface area contributed by atoms with Crippen molar-refractivity contribution >= 4 is 5.69 Å². The fraction of sp³-hybridized carbons (Fsp3) is 0.368. The smallest absolute Gasteiger partial charge is 0.684 e. The van der Waals surface area contributed by atoms with Gasteiger partial charge < -0.3 is 21.5 Å². The Kier molecular flexibility index (Phi) is 8.57. The fourth-order valence-corrected chi connectivity index (χ4v) is 3.04. The molecular formula is C19H24N3ORb. The third-order valence-electron chi connectivity index (χ3n) is 4.39. The molecule has 24 heavy (non-hydrogen) atoms. The number of para-hydroxylation sites is 1.